The van der Waals surface area contributed by atoms with Gasteiger partial charge in [-0.25, -0.2) is 4.98 Å². The summed E-state index contributed by atoms with van der Waals surface area (Å²) in [5.74, 6) is 1.15. The van der Waals surface area contributed by atoms with Crippen LogP contribution >= 0.6 is 0 Å². The van der Waals surface area contributed by atoms with Gasteiger partial charge < -0.3 is 14.8 Å². The van der Waals surface area contributed by atoms with Crippen LogP contribution in [0.1, 0.15) is 32.3 Å². The fourth-order valence-corrected chi connectivity index (χ4v) is 3.27. The van der Waals surface area contributed by atoms with Crippen LogP contribution in [0.2, 0.25) is 0 Å². The van der Waals surface area contributed by atoms with E-state index in [0.29, 0.717) is 17.8 Å². The maximum atomic E-state index is 12.3. The second kappa shape index (κ2) is 7.82. The third kappa shape index (κ3) is 4.48. The zero-order valence-electron chi connectivity index (χ0n) is 15.4. The van der Waals surface area contributed by atoms with E-state index >= 15 is 0 Å². The number of rotatable bonds is 6. The predicted octanol–water partition coefficient (Wildman–Crippen LogP) is 1.39. The van der Waals surface area contributed by atoms with Crippen LogP contribution < -0.4 is 15.8 Å². The van der Waals surface area contributed by atoms with Crippen molar-refractivity contribution in [2.45, 2.75) is 45.8 Å². The van der Waals surface area contributed by atoms with Crippen molar-refractivity contribution in [2.24, 2.45) is 13.0 Å². The number of nitrogens with zero attached hydrogens (tertiary/aromatic N) is 5. The lowest BCUT2D eigenvalue weighted by Crippen LogP contribution is -2.47. The van der Waals surface area contributed by atoms with Gasteiger partial charge in [-0.05, 0) is 18.8 Å². The molecule has 2 aromatic rings. The second-order valence-electron chi connectivity index (χ2n) is 7.30. The highest BCUT2D eigenvalue weighted by molar-refractivity contribution is 5.36. The highest BCUT2D eigenvalue weighted by Gasteiger charge is 2.22. The lowest BCUT2D eigenvalue weighted by Gasteiger charge is -2.33. The topological polar surface area (TPSA) is 68.0 Å². The molecular weight excluding hydrogens is 316 g/mol. The summed E-state index contributed by atoms with van der Waals surface area (Å²) < 4.78 is 3.59. The number of hydrogen-bond donors (Lipinski definition) is 1. The normalized spacial score (nSPS) is 18.1. The van der Waals surface area contributed by atoms with Crippen molar-refractivity contribution in [3.05, 3.63) is 40.7 Å². The molecular formula is C18H28N6O. The molecule has 3 heterocycles. The average molecular weight is 344 g/mol. The third-order valence-electron chi connectivity index (χ3n) is 4.55. The van der Waals surface area contributed by atoms with Crippen LogP contribution in [-0.4, -0.2) is 38.5 Å². The minimum atomic E-state index is -0.0295. The number of nitrogens with one attached hydrogen (secondary N) is 1. The Balaban J connectivity index is 1.58. The molecule has 7 heteroatoms. The SMILES string of the molecule is CC(C)Cn1cc(CN[C@@H]2CCCN(c3nccn(C)c3=O)C2)cn1. The molecule has 1 N–H and O–H groups in total. The number of aryl methyl sites for hydroxylation is 1. The molecule has 0 aromatic carbocycles. The summed E-state index contributed by atoms with van der Waals surface area (Å²) in [7, 11) is 1.77. The molecule has 1 aliphatic heterocycles. The van der Waals surface area contributed by atoms with Gasteiger partial charge in [-0.1, -0.05) is 13.8 Å². The Kier molecular flexibility index (Phi) is 5.53. The van der Waals surface area contributed by atoms with Crippen molar-refractivity contribution in [3.63, 3.8) is 0 Å². The molecule has 7 nitrogen and oxygen atoms in total. The van der Waals surface area contributed by atoms with Crippen molar-refractivity contribution in [2.75, 3.05) is 18.0 Å². The second-order valence-corrected chi connectivity index (χ2v) is 7.30. The van der Waals surface area contributed by atoms with Gasteiger partial charge in [-0.15, -0.1) is 0 Å². The highest BCUT2D eigenvalue weighted by atomic mass is 16.1. The summed E-state index contributed by atoms with van der Waals surface area (Å²) in [6, 6.07) is 0.355. The Morgan fingerprint density at radius 3 is 3.04 bits per heavy atom. The quantitative estimate of drug-likeness (QED) is 0.858. The monoisotopic (exact) mass is 344 g/mol. The van der Waals surface area contributed by atoms with Crippen LogP contribution in [0.25, 0.3) is 0 Å². The van der Waals surface area contributed by atoms with E-state index < -0.39 is 0 Å². The van der Waals surface area contributed by atoms with Crippen LogP contribution in [0.3, 0.4) is 0 Å². The zero-order valence-corrected chi connectivity index (χ0v) is 15.4. The van der Waals surface area contributed by atoms with E-state index in [4.69, 9.17) is 0 Å². The van der Waals surface area contributed by atoms with Gasteiger partial charge in [0.1, 0.15) is 0 Å². The maximum Gasteiger partial charge on any atom is 0.293 e. The Morgan fingerprint density at radius 1 is 1.40 bits per heavy atom. The summed E-state index contributed by atoms with van der Waals surface area (Å²) in [6.07, 6.45) is 9.61. The van der Waals surface area contributed by atoms with Gasteiger partial charge in [0.05, 0.1) is 6.20 Å². The third-order valence-corrected chi connectivity index (χ3v) is 4.55. The largest absolute Gasteiger partial charge is 0.350 e. The van der Waals surface area contributed by atoms with E-state index in [9.17, 15) is 4.79 Å². The molecule has 25 heavy (non-hydrogen) atoms. The first-order valence-electron chi connectivity index (χ1n) is 9.04. The molecule has 2 aromatic heterocycles. The zero-order chi connectivity index (χ0) is 17.8. The van der Waals surface area contributed by atoms with Gasteiger partial charge in [-0.2, -0.15) is 5.10 Å². The molecule has 3 rings (SSSR count). The van der Waals surface area contributed by atoms with Crippen LogP contribution in [-0.2, 0) is 20.1 Å². The van der Waals surface area contributed by atoms with Gasteiger partial charge >= 0.3 is 0 Å². The minimum absolute atomic E-state index is 0.0295. The van der Waals surface area contributed by atoms with Crippen LogP contribution in [0, 0.1) is 5.92 Å². The molecule has 136 valence electrons. The summed E-state index contributed by atoms with van der Waals surface area (Å²) in [6.45, 7) is 7.83. The Hall–Kier alpha value is -2.15. The predicted molar refractivity (Wildman–Crippen MR) is 98.6 cm³/mol. The number of aromatic nitrogens is 4. The molecule has 0 aliphatic carbocycles. The van der Waals surface area contributed by atoms with E-state index in [2.05, 4.69) is 40.3 Å². The van der Waals surface area contributed by atoms with Crippen molar-refractivity contribution in [3.8, 4) is 0 Å². The Bertz CT molecular complexity index is 750. The Morgan fingerprint density at radius 2 is 2.24 bits per heavy atom. The average Bonchev–Trinajstić information content (AvgIpc) is 3.02. The van der Waals surface area contributed by atoms with E-state index in [0.717, 1.165) is 39.0 Å². The fraction of sp³-hybridized carbons (Fsp3) is 0.611. The first-order valence-corrected chi connectivity index (χ1v) is 9.04. The molecule has 0 radical (unpaired) electrons. The maximum absolute atomic E-state index is 12.3. The van der Waals surface area contributed by atoms with E-state index in [1.54, 1.807) is 24.0 Å². The smallest absolute Gasteiger partial charge is 0.293 e. The van der Waals surface area contributed by atoms with Gasteiger partial charge in [0.15, 0.2) is 5.82 Å². The first kappa shape index (κ1) is 17.7. The van der Waals surface area contributed by atoms with Crippen molar-refractivity contribution in [1.82, 2.24) is 24.6 Å². The van der Waals surface area contributed by atoms with Gasteiger partial charge in [0.2, 0.25) is 0 Å². The molecule has 1 saturated heterocycles. The summed E-state index contributed by atoms with van der Waals surface area (Å²) >= 11 is 0. The van der Waals surface area contributed by atoms with Crippen molar-refractivity contribution >= 4 is 5.82 Å². The number of anilines is 1. The van der Waals surface area contributed by atoms with Crippen LogP contribution in [0.4, 0.5) is 5.82 Å². The summed E-state index contributed by atoms with van der Waals surface area (Å²) in [4.78, 5) is 18.7. The van der Waals surface area contributed by atoms with Crippen molar-refractivity contribution in [1.29, 1.82) is 0 Å². The molecule has 0 amide bonds. The number of hydrogen-bond acceptors (Lipinski definition) is 5. The standard InChI is InChI=1S/C18H28N6O/c1-14(2)11-24-12-15(10-21-24)9-20-16-5-4-7-23(13-16)17-18(25)22(3)8-6-19-17/h6,8,10,12,14,16,20H,4-5,7,9,11,13H2,1-3H3/t16-/m1/s1. The van der Waals surface area contributed by atoms with Crippen LogP contribution in [0.5, 0.6) is 0 Å². The highest BCUT2D eigenvalue weighted by Crippen LogP contribution is 2.15. The van der Waals surface area contributed by atoms with Gasteiger partial charge in [-0.3, -0.25) is 9.48 Å². The summed E-state index contributed by atoms with van der Waals surface area (Å²) in [5, 5.41) is 8.02. The molecule has 0 spiro atoms. The van der Waals surface area contributed by atoms with Gasteiger partial charge in [0.25, 0.3) is 5.56 Å². The Labute approximate surface area is 148 Å². The molecule has 1 fully saturated rings. The molecule has 0 saturated carbocycles. The lowest BCUT2D eigenvalue weighted by molar-refractivity contribution is 0.418. The molecule has 0 bridgehead atoms. The van der Waals surface area contributed by atoms with Crippen molar-refractivity contribution < 1.29 is 0 Å². The van der Waals surface area contributed by atoms with Crippen LogP contribution in [0.15, 0.2) is 29.6 Å². The van der Waals surface area contributed by atoms with E-state index in [1.165, 1.54) is 5.56 Å². The lowest BCUT2D eigenvalue weighted by atomic mass is 10.1. The molecule has 1 atom stereocenters. The molecule has 1 aliphatic rings. The minimum Gasteiger partial charge on any atom is -0.350 e. The van der Waals surface area contributed by atoms with E-state index in [1.807, 2.05) is 10.9 Å². The van der Waals surface area contributed by atoms with E-state index in [-0.39, 0.29) is 5.56 Å². The first-order chi connectivity index (χ1) is 12.0. The molecule has 0 unspecified atom stereocenters. The fourth-order valence-electron chi connectivity index (χ4n) is 3.27. The summed E-state index contributed by atoms with van der Waals surface area (Å²) in [5.41, 5.74) is 1.17. The van der Waals surface area contributed by atoms with Gasteiger partial charge in [0, 0.05) is 63.4 Å². The number of piperidine rings is 1.